The van der Waals surface area contributed by atoms with E-state index in [-0.39, 0.29) is 23.8 Å². The number of nitrogens with one attached hydrogen (secondary N) is 1. The van der Waals surface area contributed by atoms with Crippen molar-refractivity contribution >= 4 is 34.9 Å². The number of rotatable bonds is 6. The van der Waals surface area contributed by atoms with Crippen LogP contribution in [0.4, 0.5) is 5.69 Å². The second kappa shape index (κ2) is 8.75. The van der Waals surface area contributed by atoms with Crippen LogP contribution in [-0.4, -0.2) is 23.3 Å². The summed E-state index contributed by atoms with van der Waals surface area (Å²) in [6.07, 6.45) is 1.53. The molecule has 3 aromatic rings. The molecule has 0 aliphatic carbocycles. The van der Waals surface area contributed by atoms with Gasteiger partial charge in [-0.15, -0.1) is 11.3 Å². The standard InChI is InChI=1S/C23H18N2O4S/c1-2-28-23(27)19-20(26)18(29-21(19)24-16-11-7-4-8-12-16)13-17-14-30-22(25-17)15-9-5-3-6-10-15/h3-14,24H,2H2,1H3/b18-13-. The molecule has 0 saturated heterocycles. The molecule has 1 aliphatic heterocycles. The average molecular weight is 418 g/mol. The van der Waals surface area contributed by atoms with E-state index in [4.69, 9.17) is 9.47 Å². The lowest BCUT2D eigenvalue weighted by atomic mass is 10.1. The number of carbonyl (C=O) groups excluding carboxylic acids is 2. The lowest BCUT2D eigenvalue weighted by Gasteiger charge is -2.08. The van der Waals surface area contributed by atoms with E-state index in [9.17, 15) is 9.59 Å². The molecule has 0 radical (unpaired) electrons. The van der Waals surface area contributed by atoms with Crippen LogP contribution in [0, 0.1) is 0 Å². The molecular weight excluding hydrogens is 400 g/mol. The van der Waals surface area contributed by atoms with Crippen molar-refractivity contribution in [1.82, 2.24) is 4.98 Å². The highest BCUT2D eigenvalue weighted by atomic mass is 32.1. The molecule has 1 aliphatic rings. The fourth-order valence-corrected chi connectivity index (χ4v) is 3.64. The summed E-state index contributed by atoms with van der Waals surface area (Å²) in [5.74, 6) is -1.20. The first-order valence-corrected chi connectivity index (χ1v) is 10.2. The van der Waals surface area contributed by atoms with E-state index in [1.54, 1.807) is 19.1 Å². The number of allylic oxidation sites excluding steroid dienone is 1. The van der Waals surface area contributed by atoms with Crippen molar-refractivity contribution in [3.8, 4) is 10.6 Å². The van der Waals surface area contributed by atoms with Gasteiger partial charge in [0.15, 0.2) is 11.3 Å². The predicted octanol–water partition coefficient (Wildman–Crippen LogP) is 4.64. The van der Waals surface area contributed by atoms with Crippen molar-refractivity contribution in [1.29, 1.82) is 0 Å². The number of hydrogen-bond acceptors (Lipinski definition) is 7. The van der Waals surface area contributed by atoms with Crippen LogP contribution in [0.15, 0.2) is 83.3 Å². The zero-order valence-electron chi connectivity index (χ0n) is 16.1. The first-order chi connectivity index (χ1) is 14.7. The molecular formula is C23H18N2O4S. The number of para-hydroxylation sites is 1. The van der Waals surface area contributed by atoms with Crippen LogP contribution in [0.3, 0.4) is 0 Å². The van der Waals surface area contributed by atoms with E-state index in [0.717, 1.165) is 10.6 Å². The number of ketones is 1. The molecule has 0 spiro atoms. The van der Waals surface area contributed by atoms with Gasteiger partial charge in [0.1, 0.15) is 5.01 Å². The van der Waals surface area contributed by atoms with E-state index in [0.29, 0.717) is 11.4 Å². The number of thiazole rings is 1. The van der Waals surface area contributed by atoms with Gasteiger partial charge in [0.25, 0.3) is 0 Å². The maximum absolute atomic E-state index is 12.9. The molecule has 7 heteroatoms. The van der Waals surface area contributed by atoms with Gasteiger partial charge >= 0.3 is 5.97 Å². The Kier molecular flexibility index (Phi) is 5.72. The summed E-state index contributed by atoms with van der Waals surface area (Å²) in [6.45, 7) is 1.83. The van der Waals surface area contributed by atoms with Gasteiger partial charge in [-0.3, -0.25) is 4.79 Å². The third-order valence-electron chi connectivity index (χ3n) is 4.22. The molecule has 150 valence electrons. The first kappa shape index (κ1) is 19.6. The second-order valence-corrected chi connectivity index (χ2v) is 7.16. The number of benzene rings is 2. The fraction of sp³-hybridized carbons (Fsp3) is 0.0870. The number of aromatic nitrogens is 1. The van der Waals surface area contributed by atoms with Gasteiger partial charge in [0.2, 0.25) is 11.7 Å². The molecule has 1 N–H and O–H groups in total. The topological polar surface area (TPSA) is 77.5 Å². The third-order valence-corrected chi connectivity index (χ3v) is 5.13. The maximum Gasteiger partial charge on any atom is 0.347 e. The first-order valence-electron chi connectivity index (χ1n) is 9.34. The molecule has 30 heavy (non-hydrogen) atoms. The van der Waals surface area contributed by atoms with Gasteiger partial charge in [-0.05, 0) is 19.1 Å². The third kappa shape index (κ3) is 4.16. The molecule has 0 atom stereocenters. The van der Waals surface area contributed by atoms with Gasteiger partial charge in [-0.25, -0.2) is 9.78 Å². The molecule has 2 heterocycles. The number of ether oxygens (including phenoxy) is 2. The molecule has 0 bridgehead atoms. The highest BCUT2D eigenvalue weighted by Crippen LogP contribution is 2.30. The monoisotopic (exact) mass is 418 g/mol. The molecule has 2 aromatic carbocycles. The second-order valence-electron chi connectivity index (χ2n) is 6.30. The summed E-state index contributed by atoms with van der Waals surface area (Å²) in [4.78, 5) is 29.8. The molecule has 1 aromatic heterocycles. The van der Waals surface area contributed by atoms with Crippen molar-refractivity contribution < 1.29 is 19.1 Å². The van der Waals surface area contributed by atoms with Gasteiger partial charge in [-0.1, -0.05) is 48.5 Å². The lowest BCUT2D eigenvalue weighted by Crippen LogP contribution is -2.16. The van der Waals surface area contributed by atoms with Crippen LogP contribution in [0.1, 0.15) is 12.6 Å². The van der Waals surface area contributed by atoms with Crippen molar-refractivity contribution in [3.05, 3.63) is 89.0 Å². The molecule has 0 fully saturated rings. The van der Waals surface area contributed by atoms with Crippen molar-refractivity contribution in [2.75, 3.05) is 11.9 Å². The minimum atomic E-state index is -0.729. The largest absolute Gasteiger partial charge is 0.462 e. The summed E-state index contributed by atoms with van der Waals surface area (Å²) < 4.78 is 10.8. The fourth-order valence-electron chi connectivity index (χ4n) is 2.86. The molecule has 0 unspecified atom stereocenters. The Morgan fingerprint density at radius 1 is 1.13 bits per heavy atom. The van der Waals surface area contributed by atoms with Gasteiger partial charge in [0, 0.05) is 22.7 Å². The SMILES string of the molecule is CCOC(=O)C1=C(Nc2ccccc2)O/C(=C\c2csc(-c3ccccc3)n2)C1=O. The van der Waals surface area contributed by atoms with Crippen LogP contribution in [0.2, 0.25) is 0 Å². The molecule has 6 nitrogen and oxygen atoms in total. The summed E-state index contributed by atoms with van der Waals surface area (Å²) >= 11 is 1.46. The van der Waals surface area contributed by atoms with E-state index in [1.165, 1.54) is 17.4 Å². The smallest absolute Gasteiger partial charge is 0.347 e. The Bertz CT molecular complexity index is 1130. The van der Waals surface area contributed by atoms with E-state index in [1.807, 2.05) is 53.9 Å². The Morgan fingerprint density at radius 2 is 1.83 bits per heavy atom. The highest BCUT2D eigenvalue weighted by molar-refractivity contribution is 7.13. The number of anilines is 1. The number of hydrogen-bond donors (Lipinski definition) is 1. The van der Waals surface area contributed by atoms with E-state index >= 15 is 0 Å². The van der Waals surface area contributed by atoms with E-state index < -0.39 is 11.8 Å². The van der Waals surface area contributed by atoms with Crippen LogP contribution in [0.5, 0.6) is 0 Å². The van der Waals surface area contributed by atoms with Crippen molar-refractivity contribution in [2.24, 2.45) is 0 Å². The summed E-state index contributed by atoms with van der Waals surface area (Å²) in [7, 11) is 0. The summed E-state index contributed by atoms with van der Waals surface area (Å²) in [5, 5.41) is 5.64. The Morgan fingerprint density at radius 3 is 2.53 bits per heavy atom. The Hall–Kier alpha value is -3.71. The van der Waals surface area contributed by atoms with Crippen LogP contribution >= 0.6 is 11.3 Å². The van der Waals surface area contributed by atoms with Crippen molar-refractivity contribution in [3.63, 3.8) is 0 Å². The predicted molar refractivity (Wildman–Crippen MR) is 115 cm³/mol. The number of Topliss-reactive ketones (excluding diaryl/α,β-unsaturated/α-hetero) is 1. The minimum Gasteiger partial charge on any atom is -0.462 e. The quantitative estimate of drug-likeness (QED) is 0.357. The molecule has 0 saturated carbocycles. The summed E-state index contributed by atoms with van der Waals surface area (Å²) in [5.41, 5.74) is 2.09. The zero-order chi connectivity index (χ0) is 20.9. The minimum absolute atomic E-state index is 0.0152. The van der Waals surface area contributed by atoms with Gasteiger partial charge in [-0.2, -0.15) is 0 Å². The number of esters is 1. The average Bonchev–Trinajstić information content (AvgIpc) is 3.35. The van der Waals surface area contributed by atoms with Crippen molar-refractivity contribution in [2.45, 2.75) is 6.92 Å². The van der Waals surface area contributed by atoms with Gasteiger partial charge in [0.05, 0.1) is 12.3 Å². The van der Waals surface area contributed by atoms with Crippen LogP contribution in [0.25, 0.3) is 16.6 Å². The normalized spacial score (nSPS) is 14.7. The number of carbonyl (C=O) groups is 2. The van der Waals surface area contributed by atoms with Crippen LogP contribution < -0.4 is 5.32 Å². The highest BCUT2D eigenvalue weighted by Gasteiger charge is 2.37. The maximum atomic E-state index is 12.9. The molecule has 4 rings (SSSR count). The molecule has 0 amide bonds. The lowest BCUT2D eigenvalue weighted by molar-refractivity contribution is -0.139. The van der Waals surface area contributed by atoms with Crippen LogP contribution in [-0.2, 0) is 19.1 Å². The number of nitrogens with zero attached hydrogens (tertiary/aromatic N) is 1. The van der Waals surface area contributed by atoms with Gasteiger partial charge < -0.3 is 14.8 Å². The van der Waals surface area contributed by atoms with E-state index in [2.05, 4.69) is 10.3 Å². The Balaban J connectivity index is 1.62. The Labute approximate surface area is 177 Å². The zero-order valence-corrected chi connectivity index (χ0v) is 16.9. The summed E-state index contributed by atoms with van der Waals surface area (Å²) in [6, 6.07) is 18.9.